The second-order valence-corrected chi connectivity index (χ2v) is 7.01. The third-order valence-corrected chi connectivity index (χ3v) is 5.48. The summed E-state index contributed by atoms with van der Waals surface area (Å²) in [5.41, 5.74) is -0.230. The summed E-state index contributed by atoms with van der Waals surface area (Å²) in [4.78, 5) is 11.4. The molecule has 1 rings (SSSR count). The first-order valence-electron chi connectivity index (χ1n) is 5.16. The highest BCUT2D eigenvalue weighted by Crippen LogP contribution is 2.65. The van der Waals surface area contributed by atoms with Crippen molar-refractivity contribution in [2.24, 2.45) is 17.3 Å². The molecule has 1 fully saturated rings. The third-order valence-electron chi connectivity index (χ3n) is 3.53. The summed E-state index contributed by atoms with van der Waals surface area (Å²) >= 11 is 0. The van der Waals surface area contributed by atoms with Crippen LogP contribution in [0.1, 0.15) is 13.8 Å². The zero-order chi connectivity index (χ0) is 12.6. The Hall–Kier alpha value is -0.220. The number of carbonyl (C=O) groups is 1. The molecule has 5 nitrogen and oxygen atoms in total. The van der Waals surface area contributed by atoms with Crippen molar-refractivity contribution in [1.29, 1.82) is 0 Å². The molecule has 0 radical (unpaired) electrons. The van der Waals surface area contributed by atoms with Gasteiger partial charge in [0.25, 0.3) is 0 Å². The molecule has 1 N–H and O–H groups in total. The fraction of sp³-hybridized carbons (Fsp3) is 0.900. The minimum absolute atomic E-state index is 0.0436. The van der Waals surface area contributed by atoms with E-state index < -0.39 is 14.2 Å². The minimum atomic E-state index is -3.08. The Bertz CT molecular complexity index is 317. The summed E-state index contributed by atoms with van der Waals surface area (Å²) in [6.45, 7) is 3.38. The Balaban J connectivity index is 2.71. The third kappa shape index (κ3) is 2.38. The quantitative estimate of drug-likeness (QED) is 0.719. The molecule has 0 amide bonds. The van der Waals surface area contributed by atoms with Crippen LogP contribution in [0, 0.1) is 17.3 Å². The Labute approximate surface area is 95.7 Å². The van der Waals surface area contributed by atoms with E-state index in [1.165, 1.54) is 14.2 Å². The van der Waals surface area contributed by atoms with Gasteiger partial charge < -0.3 is 14.2 Å². The maximum Gasteiger partial charge on any atom is 0.330 e. The van der Waals surface area contributed by atoms with Gasteiger partial charge in [-0.05, 0) is 11.3 Å². The van der Waals surface area contributed by atoms with E-state index >= 15 is 0 Å². The lowest BCUT2D eigenvalue weighted by atomic mass is 10.1. The topological polar surface area (TPSA) is 72.8 Å². The minimum Gasteiger partial charge on any atom is -0.389 e. The SMILES string of the molecule is COP(=O)(CC1C(C(=O)CO)C1(C)C)OC. The van der Waals surface area contributed by atoms with Gasteiger partial charge in [0.05, 0.1) is 6.16 Å². The van der Waals surface area contributed by atoms with Crippen LogP contribution in [0.4, 0.5) is 0 Å². The molecule has 2 unspecified atom stereocenters. The number of rotatable bonds is 6. The van der Waals surface area contributed by atoms with Gasteiger partial charge in [-0.1, -0.05) is 13.8 Å². The molecule has 2 atom stereocenters. The van der Waals surface area contributed by atoms with Crippen LogP contribution in [0.2, 0.25) is 0 Å². The van der Waals surface area contributed by atoms with E-state index in [0.29, 0.717) is 0 Å². The fourth-order valence-corrected chi connectivity index (χ4v) is 3.90. The van der Waals surface area contributed by atoms with Crippen molar-refractivity contribution in [3.63, 3.8) is 0 Å². The average Bonchev–Trinajstić information content (AvgIpc) is 2.79. The van der Waals surface area contributed by atoms with Gasteiger partial charge in [0, 0.05) is 20.1 Å². The second kappa shape index (κ2) is 4.57. The van der Waals surface area contributed by atoms with Gasteiger partial charge in [-0.15, -0.1) is 0 Å². The van der Waals surface area contributed by atoms with Crippen LogP contribution in [0.5, 0.6) is 0 Å². The number of aliphatic hydroxyl groups excluding tert-OH is 1. The van der Waals surface area contributed by atoms with Gasteiger partial charge in [0.15, 0.2) is 5.78 Å². The molecular weight excluding hydrogens is 231 g/mol. The van der Waals surface area contributed by atoms with Crippen LogP contribution in [-0.2, 0) is 18.4 Å². The van der Waals surface area contributed by atoms with Gasteiger partial charge in [0.1, 0.15) is 6.61 Å². The first kappa shape index (κ1) is 13.8. The summed E-state index contributed by atoms with van der Waals surface area (Å²) < 4.78 is 21.6. The van der Waals surface area contributed by atoms with Crippen molar-refractivity contribution in [2.45, 2.75) is 13.8 Å². The molecule has 0 bridgehead atoms. The van der Waals surface area contributed by atoms with Crippen LogP contribution >= 0.6 is 7.60 Å². The van der Waals surface area contributed by atoms with E-state index in [2.05, 4.69) is 0 Å². The lowest BCUT2D eigenvalue weighted by molar-refractivity contribution is -0.123. The Morgan fingerprint density at radius 2 is 1.88 bits per heavy atom. The standard InChI is InChI=1S/C10H19O5P/c1-10(2)7(9(10)8(12)5-11)6-16(13,14-3)15-4/h7,9,11H,5-6H2,1-4H3. The summed E-state index contributed by atoms with van der Waals surface area (Å²) in [6.07, 6.45) is 0.226. The van der Waals surface area contributed by atoms with Gasteiger partial charge in [-0.25, -0.2) is 0 Å². The summed E-state index contributed by atoms with van der Waals surface area (Å²) in [5.74, 6) is -0.484. The predicted octanol–water partition coefficient (Wildman–Crippen LogP) is 1.31. The normalized spacial score (nSPS) is 27.8. The van der Waals surface area contributed by atoms with Crippen molar-refractivity contribution < 1.29 is 23.5 Å². The average molecular weight is 250 g/mol. The fourth-order valence-electron chi connectivity index (χ4n) is 2.29. The lowest BCUT2D eigenvalue weighted by Crippen LogP contribution is -2.10. The number of hydrogen-bond donors (Lipinski definition) is 1. The molecular formula is C10H19O5P. The molecule has 0 spiro atoms. The summed E-state index contributed by atoms with van der Waals surface area (Å²) in [5, 5.41) is 8.83. The zero-order valence-corrected chi connectivity index (χ0v) is 11.0. The van der Waals surface area contributed by atoms with Gasteiger partial charge >= 0.3 is 7.60 Å². The van der Waals surface area contributed by atoms with Crippen molar-refractivity contribution in [1.82, 2.24) is 0 Å². The number of ketones is 1. The molecule has 1 aliphatic rings. The van der Waals surface area contributed by atoms with Crippen molar-refractivity contribution in [3.8, 4) is 0 Å². The highest BCUT2D eigenvalue weighted by Gasteiger charge is 2.62. The number of carbonyl (C=O) groups excluding carboxylic acids is 1. The molecule has 0 aromatic carbocycles. The molecule has 0 aromatic rings. The molecule has 1 saturated carbocycles. The van der Waals surface area contributed by atoms with Crippen LogP contribution in [-0.4, -0.2) is 37.9 Å². The van der Waals surface area contributed by atoms with Gasteiger partial charge in [0.2, 0.25) is 0 Å². The number of aliphatic hydroxyl groups is 1. The van der Waals surface area contributed by atoms with E-state index in [9.17, 15) is 9.36 Å². The molecule has 16 heavy (non-hydrogen) atoms. The van der Waals surface area contributed by atoms with Crippen LogP contribution in [0.15, 0.2) is 0 Å². The van der Waals surface area contributed by atoms with E-state index in [0.717, 1.165) is 0 Å². The molecule has 6 heteroatoms. The predicted molar refractivity (Wildman–Crippen MR) is 59.3 cm³/mol. The summed E-state index contributed by atoms with van der Waals surface area (Å²) in [7, 11) is -0.404. The maximum atomic E-state index is 11.9. The van der Waals surface area contributed by atoms with Crippen molar-refractivity contribution in [2.75, 3.05) is 27.0 Å². The monoisotopic (exact) mass is 250 g/mol. The Morgan fingerprint density at radius 1 is 1.38 bits per heavy atom. The van der Waals surface area contributed by atoms with E-state index in [1.54, 1.807) is 0 Å². The smallest absolute Gasteiger partial charge is 0.330 e. The lowest BCUT2D eigenvalue weighted by Gasteiger charge is -2.13. The zero-order valence-electron chi connectivity index (χ0n) is 10.1. The van der Waals surface area contributed by atoms with Crippen LogP contribution < -0.4 is 0 Å². The summed E-state index contributed by atoms with van der Waals surface area (Å²) in [6, 6.07) is 0. The highest BCUT2D eigenvalue weighted by atomic mass is 31.2. The molecule has 0 heterocycles. The number of hydrogen-bond acceptors (Lipinski definition) is 5. The van der Waals surface area contributed by atoms with Crippen molar-refractivity contribution >= 4 is 13.4 Å². The van der Waals surface area contributed by atoms with E-state index in [-0.39, 0.29) is 29.2 Å². The molecule has 1 aliphatic carbocycles. The largest absolute Gasteiger partial charge is 0.389 e. The number of Topliss-reactive ketones (excluding diaryl/α,β-unsaturated/α-hetero) is 1. The van der Waals surface area contributed by atoms with E-state index in [1.807, 2.05) is 13.8 Å². The maximum absolute atomic E-state index is 11.9. The molecule has 0 aromatic heterocycles. The van der Waals surface area contributed by atoms with Crippen LogP contribution in [0.25, 0.3) is 0 Å². The molecule has 0 saturated heterocycles. The van der Waals surface area contributed by atoms with Gasteiger partial charge in [-0.3, -0.25) is 9.36 Å². The first-order valence-corrected chi connectivity index (χ1v) is 6.89. The van der Waals surface area contributed by atoms with Crippen LogP contribution in [0.3, 0.4) is 0 Å². The van der Waals surface area contributed by atoms with Gasteiger partial charge in [-0.2, -0.15) is 0 Å². The first-order chi connectivity index (χ1) is 7.32. The Morgan fingerprint density at radius 3 is 2.25 bits per heavy atom. The molecule has 0 aliphatic heterocycles. The second-order valence-electron chi connectivity index (χ2n) is 4.69. The van der Waals surface area contributed by atoms with E-state index in [4.69, 9.17) is 14.2 Å². The highest BCUT2D eigenvalue weighted by molar-refractivity contribution is 7.53. The molecule has 94 valence electrons. The van der Waals surface area contributed by atoms with Crippen molar-refractivity contribution in [3.05, 3.63) is 0 Å². The Kier molecular flexibility index (Phi) is 3.95.